The van der Waals surface area contributed by atoms with Crippen LogP contribution in [0.4, 0.5) is 0 Å². The van der Waals surface area contributed by atoms with E-state index in [1.165, 1.54) is 0 Å². The molecule has 7 rings (SSSR count). The van der Waals surface area contributed by atoms with E-state index in [9.17, 15) is 4.79 Å². The smallest absolute Gasteiger partial charge is 0.239 e. The number of rotatable bonds is 5. The zero-order valence-corrected chi connectivity index (χ0v) is 23.2. The summed E-state index contributed by atoms with van der Waals surface area (Å²) in [6.45, 7) is 1.05. The Morgan fingerprint density at radius 1 is 0.750 bits per heavy atom. The maximum absolute atomic E-state index is 14.7. The predicted molar refractivity (Wildman–Crippen MR) is 157 cm³/mol. The highest BCUT2D eigenvalue weighted by molar-refractivity contribution is 6.30. The van der Waals surface area contributed by atoms with Crippen LogP contribution in [-0.2, 0) is 26.4 Å². The molecule has 0 saturated carbocycles. The molecule has 3 heterocycles. The number of ether oxygens (including phenoxy) is 2. The van der Waals surface area contributed by atoms with Gasteiger partial charge in [0.1, 0.15) is 16.8 Å². The number of hydrogen-bond donors (Lipinski definition) is 0. The van der Waals surface area contributed by atoms with E-state index in [-0.39, 0.29) is 5.91 Å². The molecule has 4 aromatic rings. The molecule has 200 valence electrons. The lowest BCUT2D eigenvalue weighted by Gasteiger charge is -2.44. The summed E-state index contributed by atoms with van der Waals surface area (Å²) < 4.78 is 14.0. The lowest BCUT2D eigenvalue weighted by atomic mass is 9.68. The van der Waals surface area contributed by atoms with E-state index >= 15 is 0 Å². The van der Waals surface area contributed by atoms with Crippen LogP contribution in [0.15, 0.2) is 115 Å². The number of likely N-dealkylation sites (tertiary alicyclic amines) is 1. The van der Waals surface area contributed by atoms with Gasteiger partial charge in [0.15, 0.2) is 0 Å². The molecule has 2 saturated heterocycles. The van der Waals surface area contributed by atoms with Crippen molar-refractivity contribution in [2.75, 3.05) is 6.54 Å². The fraction of sp³-hybridized carbons (Fsp3) is 0.206. The van der Waals surface area contributed by atoms with E-state index < -0.39 is 16.8 Å². The predicted octanol–water partition coefficient (Wildman–Crippen LogP) is 7.84. The fourth-order valence-corrected chi connectivity index (χ4v) is 6.81. The van der Waals surface area contributed by atoms with Crippen LogP contribution in [0.1, 0.15) is 35.1 Å². The summed E-state index contributed by atoms with van der Waals surface area (Å²) in [5, 5.41) is 1.27. The normalized spacial score (nSPS) is 24.7. The Kier molecular flexibility index (Phi) is 6.04. The minimum Gasteiger partial charge on any atom is -0.460 e. The molecule has 3 aliphatic heterocycles. The average Bonchev–Trinajstić information content (AvgIpc) is 3.47. The summed E-state index contributed by atoms with van der Waals surface area (Å²) >= 11 is 12.6. The number of nitrogens with zero attached hydrogens (tertiary/aromatic N) is 1. The van der Waals surface area contributed by atoms with Gasteiger partial charge in [0.2, 0.25) is 11.7 Å². The van der Waals surface area contributed by atoms with Gasteiger partial charge in [-0.15, -0.1) is 0 Å². The third-order valence-electron chi connectivity index (χ3n) is 8.47. The van der Waals surface area contributed by atoms with Crippen molar-refractivity contribution in [1.82, 2.24) is 4.90 Å². The van der Waals surface area contributed by atoms with Crippen LogP contribution < -0.4 is 0 Å². The molecule has 0 spiro atoms. The van der Waals surface area contributed by atoms with Crippen LogP contribution in [0.3, 0.4) is 0 Å². The molecule has 2 unspecified atom stereocenters. The molecule has 4 nitrogen and oxygen atoms in total. The first-order chi connectivity index (χ1) is 19.4. The van der Waals surface area contributed by atoms with Crippen molar-refractivity contribution >= 4 is 34.9 Å². The fourth-order valence-electron chi connectivity index (χ4n) is 6.56. The van der Waals surface area contributed by atoms with Crippen molar-refractivity contribution in [3.8, 4) is 0 Å². The van der Waals surface area contributed by atoms with E-state index in [0.29, 0.717) is 41.7 Å². The van der Waals surface area contributed by atoms with Gasteiger partial charge in [0, 0.05) is 41.5 Å². The second-order valence-corrected chi connectivity index (χ2v) is 11.7. The van der Waals surface area contributed by atoms with Crippen molar-refractivity contribution in [1.29, 1.82) is 0 Å². The van der Waals surface area contributed by atoms with E-state index in [1.807, 2.05) is 108 Å². The van der Waals surface area contributed by atoms with E-state index in [4.69, 9.17) is 32.7 Å². The van der Waals surface area contributed by atoms with Gasteiger partial charge >= 0.3 is 0 Å². The van der Waals surface area contributed by atoms with Crippen molar-refractivity contribution in [3.05, 3.63) is 148 Å². The van der Waals surface area contributed by atoms with Gasteiger partial charge < -0.3 is 14.4 Å². The number of amides is 1. The van der Waals surface area contributed by atoms with Gasteiger partial charge in [-0.25, -0.2) is 0 Å². The summed E-state index contributed by atoms with van der Waals surface area (Å²) in [6, 6.07) is 35.4. The first-order valence-electron chi connectivity index (χ1n) is 13.5. The van der Waals surface area contributed by atoms with Gasteiger partial charge in [-0.05, 0) is 47.0 Å². The Hall–Kier alpha value is -3.57. The summed E-state index contributed by atoms with van der Waals surface area (Å²) in [4.78, 5) is 16.7. The summed E-state index contributed by atoms with van der Waals surface area (Å²) in [6.07, 6.45) is 2.93. The van der Waals surface area contributed by atoms with Crippen LogP contribution in [0.25, 0.3) is 5.76 Å². The number of benzene rings is 4. The Morgan fingerprint density at radius 3 is 1.93 bits per heavy atom. The van der Waals surface area contributed by atoms with Gasteiger partial charge in [0.25, 0.3) is 0 Å². The molecule has 3 aliphatic rings. The molecule has 4 aromatic carbocycles. The van der Waals surface area contributed by atoms with E-state index in [2.05, 4.69) is 12.1 Å². The molecular formula is C34H27Cl2NO3. The van der Waals surface area contributed by atoms with Crippen LogP contribution in [0.2, 0.25) is 10.0 Å². The van der Waals surface area contributed by atoms with Gasteiger partial charge in [-0.2, -0.15) is 0 Å². The van der Waals surface area contributed by atoms with Crippen molar-refractivity contribution in [3.63, 3.8) is 0 Å². The van der Waals surface area contributed by atoms with E-state index in [1.54, 1.807) is 0 Å². The third-order valence-corrected chi connectivity index (χ3v) is 8.98. The van der Waals surface area contributed by atoms with E-state index in [0.717, 1.165) is 22.3 Å². The first kappa shape index (κ1) is 25.4. The Morgan fingerprint density at radius 2 is 1.32 bits per heavy atom. The lowest BCUT2D eigenvalue weighted by molar-refractivity contribution is -0.247. The zero-order valence-electron chi connectivity index (χ0n) is 21.7. The van der Waals surface area contributed by atoms with Crippen LogP contribution in [-0.4, -0.2) is 23.1 Å². The Balaban J connectivity index is 1.40. The van der Waals surface area contributed by atoms with Crippen molar-refractivity contribution in [2.45, 2.75) is 30.8 Å². The Labute approximate surface area is 243 Å². The summed E-state index contributed by atoms with van der Waals surface area (Å²) in [5.41, 5.74) is 1.85. The molecule has 0 aliphatic carbocycles. The van der Waals surface area contributed by atoms with Crippen LogP contribution in [0, 0.1) is 5.41 Å². The highest BCUT2D eigenvalue weighted by Crippen LogP contribution is 2.66. The average molecular weight is 569 g/mol. The second-order valence-electron chi connectivity index (χ2n) is 10.8. The standard InChI is InChI=1S/C34H27Cl2NO3/c35-28-15-11-26(12-16-28)33(27-13-17-29(36)18-14-27)23-32-21-30(25-9-5-2-6-10-25)39-34(32,40-33)19-20-37(31(32)38)22-24-7-3-1-4-8-24/h1-18,21H,19-20,22-23H2. The number of piperidine rings is 1. The Bertz CT molecular complexity index is 1540. The molecule has 0 radical (unpaired) electrons. The maximum atomic E-state index is 14.7. The minimum absolute atomic E-state index is 0.0123. The van der Waals surface area contributed by atoms with Gasteiger partial charge in [0.05, 0.1) is 0 Å². The molecule has 40 heavy (non-hydrogen) atoms. The maximum Gasteiger partial charge on any atom is 0.239 e. The van der Waals surface area contributed by atoms with Crippen molar-refractivity contribution in [2.24, 2.45) is 5.41 Å². The van der Waals surface area contributed by atoms with Gasteiger partial charge in [-0.1, -0.05) is 108 Å². The topological polar surface area (TPSA) is 38.8 Å². The molecular weight excluding hydrogens is 541 g/mol. The second kappa shape index (κ2) is 9.52. The lowest BCUT2D eigenvalue weighted by Crippen LogP contribution is -2.59. The number of carbonyl (C=O) groups excluding carboxylic acids is 1. The summed E-state index contributed by atoms with van der Waals surface area (Å²) in [5.74, 6) is -0.475. The van der Waals surface area contributed by atoms with Crippen LogP contribution in [0.5, 0.6) is 0 Å². The molecule has 2 atom stereocenters. The number of hydrogen-bond acceptors (Lipinski definition) is 3. The molecule has 0 aromatic heterocycles. The first-order valence-corrected chi connectivity index (χ1v) is 14.2. The largest absolute Gasteiger partial charge is 0.460 e. The molecule has 2 fully saturated rings. The zero-order chi connectivity index (χ0) is 27.4. The third kappa shape index (κ3) is 3.89. The SMILES string of the molecule is O=C1N(Cc2ccccc2)CCC23OC(c4ccccc4)=CC12CC(c1ccc(Cl)cc1)(c1ccc(Cl)cc1)O3. The molecule has 6 heteroatoms. The summed E-state index contributed by atoms with van der Waals surface area (Å²) in [7, 11) is 0. The van der Waals surface area contributed by atoms with Crippen molar-refractivity contribution < 1.29 is 14.3 Å². The van der Waals surface area contributed by atoms with Gasteiger partial charge in [-0.3, -0.25) is 4.79 Å². The highest BCUT2D eigenvalue weighted by Gasteiger charge is 2.75. The molecule has 1 amide bonds. The number of halogens is 2. The monoisotopic (exact) mass is 567 g/mol. The molecule has 0 N–H and O–H groups in total. The quantitative estimate of drug-likeness (QED) is 0.246. The molecule has 0 bridgehead atoms. The van der Waals surface area contributed by atoms with Crippen LogP contribution >= 0.6 is 23.2 Å². The number of carbonyl (C=O) groups is 1. The highest BCUT2D eigenvalue weighted by atomic mass is 35.5. The minimum atomic E-state index is -1.16.